The smallest absolute Gasteiger partial charge is 0.223 e. The predicted octanol–water partition coefficient (Wildman–Crippen LogP) is 2.50. The molecule has 2 fully saturated rings. The molecule has 6 nitrogen and oxygen atoms in total. The molecule has 2 aliphatic rings. The SMILES string of the molecule is O=C(C[C@@H]1CCNC[C@@H]1Cc1cc(-c2ccc(F)cc2)on1)N1CCOCC1. The Balaban J connectivity index is 1.39. The summed E-state index contributed by atoms with van der Waals surface area (Å²) in [4.78, 5) is 14.6. The molecule has 150 valence electrons. The zero-order valence-electron chi connectivity index (χ0n) is 15.9. The molecule has 2 aromatic rings. The number of carbonyl (C=O) groups excluding carboxylic acids is 1. The molecule has 0 unspecified atom stereocenters. The van der Waals surface area contributed by atoms with Gasteiger partial charge in [0.15, 0.2) is 5.76 Å². The number of benzene rings is 1. The number of ether oxygens (including phenoxy) is 1. The normalized spacial score (nSPS) is 23.0. The van der Waals surface area contributed by atoms with Crippen LogP contribution in [0, 0.1) is 17.7 Å². The van der Waals surface area contributed by atoms with E-state index in [0.29, 0.717) is 50.3 Å². The summed E-state index contributed by atoms with van der Waals surface area (Å²) >= 11 is 0. The summed E-state index contributed by atoms with van der Waals surface area (Å²) in [5.41, 5.74) is 1.68. The molecule has 1 aromatic heterocycles. The standard InChI is InChI=1S/C21H26FN3O3/c22-18-3-1-15(2-4-18)20-13-19(24-28-20)11-17-14-23-6-5-16(17)12-21(26)25-7-9-27-10-8-25/h1-4,13,16-17,23H,5-12,14H2/t16-,17-/m0/s1. The third-order valence-corrected chi connectivity index (χ3v) is 5.72. The van der Waals surface area contributed by atoms with E-state index in [9.17, 15) is 9.18 Å². The molecule has 0 bridgehead atoms. The van der Waals surface area contributed by atoms with Gasteiger partial charge in [-0.15, -0.1) is 0 Å². The molecule has 2 aliphatic heterocycles. The van der Waals surface area contributed by atoms with Crippen LogP contribution in [-0.2, 0) is 16.0 Å². The number of nitrogens with zero attached hydrogens (tertiary/aromatic N) is 2. The van der Waals surface area contributed by atoms with Gasteiger partial charge >= 0.3 is 0 Å². The van der Waals surface area contributed by atoms with Crippen LogP contribution in [0.5, 0.6) is 0 Å². The summed E-state index contributed by atoms with van der Waals surface area (Å²) in [6, 6.07) is 8.12. The first-order chi connectivity index (χ1) is 13.7. The maximum absolute atomic E-state index is 13.1. The van der Waals surface area contributed by atoms with E-state index < -0.39 is 0 Å². The Labute approximate surface area is 164 Å². The van der Waals surface area contributed by atoms with Crippen molar-refractivity contribution >= 4 is 5.91 Å². The Morgan fingerprint density at radius 3 is 2.79 bits per heavy atom. The highest BCUT2D eigenvalue weighted by Gasteiger charge is 2.30. The summed E-state index contributed by atoms with van der Waals surface area (Å²) in [6.07, 6.45) is 2.33. The molecule has 1 aromatic carbocycles. The number of rotatable bonds is 5. The second kappa shape index (κ2) is 8.84. The van der Waals surface area contributed by atoms with Crippen LogP contribution >= 0.6 is 0 Å². The Kier molecular flexibility index (Phi) is 6.02. The maximum Gasteiger partial charge on any atom is 0.223 e. The van der Waals surface area contributed by atoms with Gasteiger partial charge in [-0.25, -0.2) is 4.39 Å². The number of piperidine rings is 1. The fraction of sp³-hybridized carbons (Fsp3) is 0.524. The largest absolute Gasteiger partial charge is 0.378 e. The van der Waals surface area contributed by atoms with E-state index in [-0.39, 0.29) is 11.7 Å². The summed E-state index contributed by atoms with van der Waals surface area (Å²) in [5.74, 6) is 1.27. The van der Waals surface area contributed by atoms with Crippen LogP contribution in [0.15, 0.2) is 34.9 Å². The lowest BCUT2D eigenvalue weighted by Crippen LogP contribution is -2.44. The monoisotopic (exact) mass is 387 g/mol. The lowest BCUT2D eigenvalue weighted by molar-refractivity contribution is -0.136. The van der Waals surface area contributed by atoms with E-state index in [4.69, 9.17) is 9.26 Å². The Morgan fingerprint density at radius 1 is 1.21 bits per heavy atom. The van der Waals surface area contributed by atoms with Gasteiger partial charge < -0.3 is 19.5 Å². The second-order valence-corrected chi connectivity index (χ2v) is 7.60. The first-order valence-electron chi connectivity index (χ1n) is 9.97. The van der Waals surface area contributed by atoms with Crippen LogP contribution in [-0.4, -0.2) is 55.4 Å². The van der Waals surface area contributed by atoms with Crippen molar-refractivity contribution in [3.8, 4) is 11.3 Å². The molecular formula is C21H26FN3O3. The minimum absolute atomic E-state index is 0.229. The molecule has 3 heterocycles. The maximum atomic E-state index is 13.1. The molecule has 0 saturated carbocycles. The number of nitrogens with one attached hydrogen (secondary N) is 1. The van der Waals surface area contributed by atoms with Crippen LogP contribution in [0.25, 0.3) is 11.3 Å². The van der Waals surface area contributed by atoms with Crippen molar-refractivity contribution in [1.29, 1.82) is 0 Å². The molecule has 28 heavy (non-hydrogen) atoms. The van der Waals surface area contributed by atoms with Gasteiger partial charge in [0.1, 0.15) is 5.82 Å². The van der Waals surface area contributed by atoms with Gasteiger partial charge in [0, 0.05) is 31.1 Å². The van der Waals surface area contributed by atoms with E-state index in [2.05, 4.69) is 10.5 Å². The number of hydrogen-bond donors (Lipinski definition) is 1. The summed E-state index contributed by atoms with van der Waals surface area (Å²) in [6.45, 7) is 4.47. The van der Waals surface area contributed by atoms with E-state index in [0.717, 1.165) is 37.2 Å². The van der Waals surface area contributed by atoms with Gasteiger partial charge in [0.2, 0.25) is 5.91 Å². The number of halogens is 1. The molecule has 2 atom stereocenters. The minimum Gasteiger partial charge on any atom is -0.378 e. The van der Waals surface area contributed by atoms with E-state index in [1.54, 1.807) is 12.1 Å². The lowest BCUT2D eigenvalue weighted by Gasteiger charge is -2.34. The Hall–Kier alpha value is -2.25. The van der Waals surface area contributed by atoms with Crippen LogP contribution < -0.4 is 5.32 Å². The molecule has 1 N–H and O–H groups in total. The molecule has 0 radical (unpaired) electrons. The van der Waals surface area contributed by atoms with Gasteiger partial charge in [-0.1, -0.05) is 5.16 Å². The van der Waals surface area contributed by atoms with Crippen molar-refractivity contribution in [2.45, 2.75) is 19.3 Å². The number of amides is 1. The zero-order chi connectivity index (χ0) is 19.3. The van der Waals surface area contributed by atoms with Crippen molar-refractivity contribution in [3.63, 3.8) is 0 Å². The number of hydrogen-bond acceptors (Lipinski definition) is 5. The third-order valence-electron chi connectivity index (χ3n) is 5.72. The molecular weight excluding hydrogens is 361 g/mol. The average Bonchev–Trinajstić information content (AvgIpc) is 3.19. The van der Waals surface area contributed by atoms with Crippen molar-refractivity contribution in [1.82, 2.24) is 15.4 Å². The highest BCUT2D eigenvalue weighted by molar-refractivity contribution is 5.76. The van der Waals surface area contributed by atoms with Gasteiger partial charge in [-0.2, -0.15) is 0 Å². The molecule has 0 spiro atoms. The van der Waals surface area contributed by atoms with Gasteiger partial charge in [-0.3, -0.25) is 4.79 Å². The molecule has 7 heteroatoms. The predicted molar refractivity (Wildman–Crippen MR) is 102 cm³/mol. The van der Waals surface area contributed by atoms with Crippen molar-refractivity contribution < 1.29 is 18.4 Å². The van der Waals surface area contributed by atoms with Crippen molar-refractivity contribution in [2.24, 2.45) is 11.8 Å². The van der Waals surface area contributed by atoms with Gasteiger partial charge in [0.25, 0.3) is 0 Å². The third kappa shape index (κ3) is 4.59. The quantitative estimate of drug-likeness (QED) is 0.854. The zero-order valence-corrected chi connectivity index (χ0v) is 15.9. The minimum atomic E-state index is -0.274. The first-order valence-corrected chi connectivity index (χ1v) is 9.97. The molecule has 0 aliphatic carbocycles. The van der Waals surface area contributed by atoms with Gasteiger partial charge in [0.05, 0.1) is 18.9 Å². The van der Waals surface area contributed by atoms with E-state index in [1.165, 1.54) is 12.1 Å². The number of aromatic nitrogens is 1. The Morgan fingerprint density at radius 2 is 2.00 bits per heavy atom. The fourth-order valence-electron chi connectivity index (χ4n) is 4.08. The first kappa shape index (κ1) is 19.1. The average molecular weight is 387 g/mol. The second-order valence-electron chi connectivity index (χ2n) is 7.60. The van der Waals surface area contributed by atoms with Crippen LogP contribution in [0.1, 0.15) is 18.5 Å². The number of morpholine rings is 1. The van der Waals surface area contributed by atoms with Crippen LogP contribution in [0.3, 0.4) is 0 Å². The molecule has 2 saturated heterocycles. The van der Waals surface area contributed by atoms with Gasteiger partial charge in [-0.05, 0) is 62.0 Å². The topological polar surface area (TPSA) is 67.6 Å². The van der Waals surface area contributed by atoms with Crippen molar-refractivity contribution in [3.05, 3.63) is 41.8 Å². The summed E-state index contributed by atoms with van der Waals surface area (Å²) in [7, 11) is 0. The van der Waals surface area contributed by atoms with Crippen LogP contribution in [0.4, 0.5) is 4.39 Å². The highest BCUT2D eigenvalue weighted by Crippen LogP contribution is 2.28. The summed E-state index contributed by atoms with van der Waals surface area (Å²) in [5, 5.41) is 7.64. The fourth-order valence-corrected chi connectivity index (χ4v) is 4.08. The molecule has 4 rings (SSSR count). The summed E-state index contributed by atoms with van der Waals surface area (Å²) < 4.78 is 23.9. The van der Waals surface area contributed by atoms with E-state index in [1.807, 2.05) is 11.0 Å². The molecule has 1 amide bonds. The lowest BCUT2D eigenvalue weighted by atomic mass is 9.81. The highest BCUT2D eigenvalue weighted by atomic mass is 19.1. The van der Waals surface area contributed by atoms with Crippen LogP contribution in [0.2, 0.25) is 0 Å². The van der Waals surface area contributed by atoms with Crippen molar-refractivity contribution in [2.75, 3.05) is 39.4 Å². The Bertz CT molecular complexity index is 786. The number of carbonyl (C=O) groups is 1. The van der Waals surface area contributed by atoms with E-state index >= 15 is 0 Å².